The Morgan fingerprint density at radius 1 is 1.03 bits per heavy atom. The molecule has 2 aromatic rings. The Balaban J connectivity index is 1.42. The first-order valence-electron chi connectivity index (χ1n) is 8.48. The van der Waals surface area contributed by atoms with Gasteiger partial charge in [-0.05, 0) is 36.4 Å². The molecule has 0 saturated heterocycles. The van der Waals surface area contributed by atoms with Crippen LogP contribution in [0.15, 0.2) is 58.4 Å². The van der Waals surface area contributed by atoms with Crippen molar-refractivity contribution in [3.05, 3.63) is 59.9 Å². The van der Waals surface area contributed by atoms with Gasteiger partial charge in [0.2, 0.25) is 5.91 Å². The lowest BCUT2D eigenvalue weighted by atomic mass is 10.2. The predicted octanol–water partition coefficient (Wildman–Crippen LogP) is 0.481. The zero-order valence-electron chi connectivity index (χ0n) is 15.0. The van der Waals surface area contributed by atoms with Crippen molar-refractivity contribution in [2.75, 3.05) is 13.2 Å². The zero-order chi connectivity index (χ0) is 20.9. The number of sulfonamides is 1. The fraction of sp³-hybridized carbons (Fsp3) is 0.167. The molecular weight excluding hydrogens is 403 g/mol. The van der Waals surface area contributed by atoms with Crippen LogP contribution in [0.4, 0.5) is 4.39 Å². The molecule has 11 heteroatoms. The van der Waals surface area contributed by atoms with Crippen LogP contribution in [0, 0.1) is 5.82 Å². The highest BCUT2D eigenvalue weighted by Crippen LogP contribution is 2.22. The Morgan fingerprint density at radius 3 is 2.48 bits per heavy atom. The summed E-state index contributed by atoms with van der Waals surface area (Å²) >= 11 is 0. The number of ether oxygens (including phenoxy) is 1. The molecular formula is C18H17FN4O5S. The number of fused-ring (bicyclic) bond motifs is 1. The van der Waals surface area contributed by atoms with E-state index in [1.165, 1.54) is 30.3 Å². The summed E-state index contributed by atoms with van der Waals surface area (Å²) in [4.78, 5) is 27.7. The molecule has 0 aliphatic carbocycles. The summed E-state index contributed by atoms with van der Waals surface area (Å²) in [6.45, 7) is -0.354. The lowest BCUT2D eigenvalue weighted by molar-refractivity contribution is -0.129. The van der Waals surface area contributed by atoms with Gasteiger partial charge in [-0.1, -0.05) is 12.1 Å². The van der Waals surface area contributed by atoms with Gasteiger partial charge in [0.1, 0.15) is 17.4 Å². The molecule has 29 heavy (non-hydrogen) atoms. The van der Waals surface area contributed by atoms with E-state index >= 15 is 0 Å². The van der Waals surface area contributed by atoms with E-state index in [1.54, 1.807) is 18.2 Å². The molecule has 1 aliphatic rings. The Bertz CT molecular complexity index is 1050. The number of benzene rings is 2. The number of aliphatic imine (C=N–C) groups is 1. The standard InChI is InChI=1S/C18H17FN4O5S/c19-12-5-7-13(8-6-12)28-11-17(25)22-21-16(24)9-10-20-18-14-3-1-2-4-15(14)29(26,27)23-18/h1-8H,9-11H2,(H,20,23)(H,21,24)(H,22,25). The minimum Gasteiger partial charge on any atom is -0.484 e. The highest BCUT2D eigenvalue weighted by Gasteiger charge is 2.29. The molecule has 0 saturated carbocycles. The van der Waals surface area contributed by atoms with Gasteiger partial charge in [-0.2, -0.15) is 0 Å². The number of amidine groups is 1. The summed E-state index contributed by atoms with van der Waals surface area (Å²) in [5.74, 6) is -1.07. The van der Waals surface area contributed by atoms with Gasteiger partial charge in [0.25, 0.3) is 15.9 Å². The molecule has 3 rings (SSSR count). The minimum atomic E-state index is -3.63. The predicted molar refractivity (Wildman–Crippen MR) is 101 cm³/mol. The molecule has 0 unspecified atom stereocenters. The van der Waals surface area contributed by atoms with Crippen LogP contribution in [0.2, 0.25) is 0 Å². The Kier molecular flexibility index (Phi) is 6.07. The number of nitrogens with zero attached hydrogens (tertiary/aromatic N) is 1. The maximum Gasteiger partial charge on any atom is 0.276 e. The number of rotatable bonds is 6. The van der Waals surface area contributed by atoms with E-state index in [4.69, 9.17) is 4.74 Å². The molecule has 2 amide bonds. The van der Waals surface area contributed by atoms with E-state index in [-0.39, 0.29) is 30.3 Å². The lowest BCUT2D eigenvalue weighted by Gasteiger charge is -2.08. The molecule has 0 bridgehead atoms. The van der Waals surface area contributed by atoms with E-state index in [2.05, 4.69) is 20.6 Å². The minimum absolute atomic E-state index is 0.0139. The number of carbonyl (C=O) groups excluding carboxylic acids is 2. The number of amides is 2. The molecule has 0 fully saturated rings. The van der Waals surface area contributed by atoms with Gasteiger partial charge in [-0.15, -0.1) is 0 Å². The summed E-state index contributed by atoms with van der Waals surface area (Å²) in [6, 6.07) is 11.5. The van der Waals surface area contributed by atoms with Crippen molar-refractivity contribution in [3.63, 3.8) is 0 Å². The van der Waals surface area contributed by atoms with E-state index < -0.39 is 27.7 Å². The van der Waals surface area contributed by atoms with Crippen LogP contribution in [0.1, 0.15) is 12.0 Å². The normalized spacial score (nSPS) is 15.3. The second kappa shape index (κ2) is 8.69. The van der Waals surface area contributed by atoms with Crippen molar-refractivity contribution in [1.29, 1.82) is 0 Å². The Morgan fingerprint density at radius 2 is 1.72 bits per heavy atom. The van der Waals surface area contributed by atoms with Gasteiger partial charge in [-0.25, -0.2) is 12.8 Å². The van der Waals surface area contributed by atoms with Crippen LogP contribution in [0.5, 0.6) is 5.75 Å². The fourth-order valence-corrected chi connectivity index (χ4v) is 3.69. The van der Waals surface area contributed by atoms with Crippen LogP contribution in [0.25, 0.3) is 0 Å². The summed E-state index contributed by atoms with van der Waals surface area (Å²) in [7, 11) is -3.63. The van der Waals surface area contributed by atoms with Gasteiger partial charge in [-0.3, -0.25) is 30.2 Å². The molecule has 2 aromatic carbocycles. The Hall–Kier alpha value is -3.47. The number of hydrogen-bond acceptors (Lipinski definition) is 6. The molecule has 0 atom stereocenters. The number of carbonyl (C=O) groups is 2. The number of hydrogen-bond donors (Lipinski definition) is 3. The zero-order valence-corrected chi connectivity index (χ0v) is 15.8. The third kappa shape index (κ3) is 5.29. The maximum absolute atomic E-state index is 12.8. The van der Waals surface area contributed by atoms with Crippen molar-refractivity contribution in [2.45, 2.75) is 11.3 Å². The second-order valence-electron chi connectivity index (χ2n) is 5.92. The molecule has 3 N–H and O–H groups in total. The topological polar surface area (TPSA) is 126 Å². The van der Waals surface area contributed by atoms with Crippen LogP contribution < -0.4 is 20.3 Å². The quantitative estimate of drug-likeness (QED) is 0.586. The largest absolute Gasteiger partial charge is 0.484 e. The molecule has 1 heterocycles. The number of nitrogens with one attached hydrogen (secondary N) is 3. The van der Waals surface area contributed by atoms with Crippen LogP contribution in [0.3, 0.4) is 0 Å². The maximum atomic E-state index is 12.8. The average Bonchev–Trinajstić information content (AvgIpc) is 2.96. The molecule has 1 aliphatic heterocycles. The van der Waals surface area contributed by atoms with Gasteiger partial charge < -0.3 is 4.74 Å². The van der Waals surface area contributed by atoms with Crippen LogP contribution in [-0.4, -0.2) is 39.2 Å². The van der Waals surface area contributed by atoms with E-state index in [0.29, 0.717) is 11.3 Å². The SMILES string of the molecule is O=C(CCN=C1NS(=O)(=O)c2ccccc21)NNC(=O)COc1ccc(F)cc1. The van der Waals surface area contributed by atoms with Gasteiger partial charge in [0.15, 0.2) is 6.61 Å². The van der Waals surface area contributed by atoms with Crippen molar-refractivity contribution >= 4 is 27.7 Å². The Labute approximate surface area is 166 Å². The summed E-state index contributed by atoms with van der Waals surface area (Å²) in [5, 5.41) is 0. The first-order chi connectivity index (χ1) is 13.8. The molecule has 0 spiro atoms. The lowest BCUT2D eigenvalue weighted by Crippen LogP contribution is -2.44. The summed E-state index contributed by atoms with van der Waals surface area (Å²) in [5.41, 5.74) is 4.82. The van der Waals surface area contributed by atoms with Crippen molar-refractivity contribution in [2.24, 2.45) is 4.99 Å². The number of halogens is 1. The second-order valence-corrected chi connectivity index (χ2v) is 7.57. The third-order valence-electron chi connectivity index (χ3n) is 3.80. The fourth-order valence-electron chi connectivity index (χ4n) is 2.44. The monoisotopic (exact) mass is 420 g/mol. The van der Waals surface area contributed by atoms with Crippen LogP contribution in [-0.2, 0) is 19.6 Å². The highest BCUT2D eigenvalue weighted by molar-refractivity contribution is 7.90. The molecule has 0 aromatic heterocycles. The van der Waals surface area contributed by atoms with E-state index in [1.807, 2.05) is 0 Å². The van der Waals surface area contributed by atoms with Gasteiger partial charge >= 0.3 is 0 Å². The van der Waals surface area contributed by atoms with Crippen molar-refractivity contribution in [3.8, 4) is 5.75 Å². The highest BCUT2D eigenvalue weighted by atomic mass is 32.2. The summed E-state index contributed by atoms with van der Waals surface area (Å²) in [6.07, 6.45) is -0.0769. The van der Waals surface area contributed by atoms with Gasteiger partial charge in [0, 0.05) is 12.0 Å². The van der Waals surface area contributed by atoms with Crippen molar-refractivity contribution in [1.82, 2.24) is 15.6 Å². The summed E-state index contributed by atoms with van der Waals surface area (Å²) < 4.78 is 44.2. The molecule has 152 valence electrons. The first-order valence-corrected chi connectivity index (χ1v) is 9.96. The molecule has 0 radical (unpaired) electrons. The van der Waals surface area contributed by atoms with E-state index in [0.717, 1.165) is 0 Å². The average molecular weight is 420 g/mol. The first kappa shape index (κ1) is 20.3. The van der Waals surface area contributed by atoms with Crippen molar-refractivity contribution < 1.29 is 27.1 Å². The van der Waals surface area contributed by atoms with Gasteiger partial charge in [0.05, 0.1) is 11.4 Å². The third-order valence-corrected chi connectivity index (χ3v) is 5.19. The van der Waals surface area contributed by atoms with Crippen LogP contribution >= 0.6 is 0 Å². The molecule has 9 nitrogen and oxygen atoms in total. The number of hydrazine groups is 1. The smallest absolute Gasteiger partial charge is 0.276 e. The van der Waals surface area contributed by atoms with E-state index in [9.17, 15) is 22.4 Å².